The zero-order valence-corrected chi connectivity index (χ0v) is 13.7. The molecule has 0 saturated carbocycles. The number of Topliss-reactive ketones (excluding diaryl/α,β-unsaturated/α-hetero) is 1. The highest BCUT2D eigenvalue weighted by Crippen LogP contribution is 2.31. The van der Waals surface area contributed by atoms with E-state index in [2.05, 4.69) is 0 Å². The molecule has 2 aromatic rings. The molecular formula is C17H16F2O3S. The second-order valence-corrected chi connectivity index (χ2v) is 6.15. The van der Waals surface area contributed by atoms with E-state index in [0.717, 1.165) is 17.8 Å². The van der Waals surface area contributed by atoms with Crippen LogP contribution in [0.1, 0.15) is 17.3 Å². The third-order valence-electron chi connectivity index (χ3n) is 3.23. The summed E-state index contributed by atoms with van der Waals surface area (Å²) in [5, 5.41) is -0.534. The number of halogens is 2. The van der Waals surface area contributed by atoms with E-state index in [4.69, 9.17) is 9.47 Å². The highest BCUT2D eigenvalue weighted by Gasteiger charge is 2.20. The summed E-state index contributed by atoms with van der Waals surface area (Å²) in [5.74, 6) is -0.537. The third-order valence-corrected chi connectivity index (χ3v) is 4.39. The molecule has 0 bridgehead atoms. The van der Waals surface area contributed by atoms with Gasteiger partial charge < -0.3 is 9.47 Å². The third kappa shape index (κ3) is 4.01. The Balaban J connectivity index is 2.19. The van der Waals surface area contributed by atoms with Gasteiger partial charge in [-0.3, -0.25) is 4.79 Å². The van der Waals surface area contributed by atoms with Gasteiger partial charge in [0, 0.05) is 16.5 Å². The van der Waals surface area contributed by atoms with Crippen LogP contribution in [-0.2, 0) is 0 Å². The van der Waals surface area contributed by atoms with Crippen LogP contribution in [0.15, 0.2) is 41.3 Å². The summed E-state index contributed by atoms with van der Waals surface area (Å²) in [7, 11) is 2.99. The number of methoxy groups -OCH3 is 2. The minimum atomic E-state index is -0.679. The molecule has 0 radical (unpaired) electrons. The van der Waals surface area contributed by atoms with Crippen LogP contribution in [0.25, 0.3) is 0 Å². The van der Waals surface area contributed by atoms with Crippen molar-refractivity contribution in [2.45, 2.75) is 17.1 Å². The van der Waals surface area contributed by atoms with Crippen molar-refractivity contribution in [3.8, 4) is 11.5 Å². The zero-order valence-electron chi connectivity index (χ0n) is 12.9. The van der Waals surface area contributed by atoms with Crippen LogP contribution < -0.4 is 9.47 Å². The van der Waals surface area contributed by atoms with Gasteiger partial charge >= 0.3 is 0 Å². The molecule has 2 aromatic carbocycles. The van der Waals surface area contributed by atoms with E-state index in [-0.39, 0.29) is 10.7 Å². The van der Waals surface area contributed by atoms with Gasteiger partial charge in [-0.15, -0.1) is 11.8 Å². The largest absolute Gasteiger partial charge is 0.493 e. The topological polar surface area (TPSA) is 35.5 Å². The van der Waals surface area contributed by atoms with Gasteiger partial charge in [0.1, 0.15) is 11.6 Å². The van der Waals surface area contributed by atoms with Crippen molar-refractivity contribution >= 4 is 17.5 Å². The lowest BCUT2D eigenvalue weighted by atomic mass is 10.1. The van der Waals surface area contributed by atoms with Crippen molar-refractivity contribution in [2.75, 3.05) is 14.2 Å². The number of carbonyl (C=O) groups is 1. The Kier molecular flexibility index (Phi) is 5.60. The monoisotopic (exact) mass is 338 g/mol. The molecule has 0 heterocycles. The van der Waals surface area contributed by atoms with Crippen LogP contribution in [-0.4, -0.2) is 25.3 Å². The average molecular weight is 338 g/mol. The molecule has 6 heteroatoms. The molecule has 23 heavy (non-hydrogen) atoms. The number of carbonyl (C=O) groups excluding carboxylic acids is 1. The quantitative estimate of drug-likeness (QED) is 0.580. The van der Waals surface area contributed by atoms with E-state index in [9.17, 15) is 13.6 Å². The first-order valence-corrected chi connectivity index (χ1v) is 7.72. The fraction of sp³-hybridized carbons (Fsp3) is 0.235. The van der Waals surface area contributed by atoms with Crippen LogP contribution in [0.3, 0.4) is 0 Å². The van der Waals surface area contributed by atoms with Crippen molar-refractivity contribution in [3.63, 3.8) is 0 Å². The Morgan fingerprint density at radius 3 is 2.35 bits per heavy atom. The molecule has 0 N–H and O–H groups in total. The molecule has 2 rings (SSSR count). The number of rotatable bonds is 6. The summed E-state index contributed by atoms with van der Waals surface area (Å²) in [5.41, 5.74) is 0.435. The van der Waals surface area contributed by atoms with Crippen LogP contribution in [0.4, 0.5) is 8.78 Å². The molecule has 0 aliphatic carbocycles. The summed E-state index contributed by atoms with van der Waals surface area (Å²) in [6, 6.07) is 8.14. The number of ether oxygens (including phenoxy) is 2. The molecule has 0 amide bonds. The maximum Gasteiger partial charge on any atom is 0.176 e. The molecule has 0 saturated heterocycles. The molecular weight excluding hydrogens is 322 g/mol. The maximum absolute atomic E-state index is 13.7. The Labute approximate surface area is 137 Å². The average Bonchev–Trinajstić information content (AvgIpc) is 2.55. The molecule has 0 aromatic heterocycles. The first-order chi connectivity index (χ1) is 11.0. The maximum atomic E-state index is 13.7. The fourth-order valence-corrected chi connectivity index (χ4v) is 2.98. The van der Waals surface area contributed by atoms with Gasteiger partial charge in [0.05, 0.1) is 19.5 Å². The molecule has 0 fully saturated rings. The second kappa shape index (κ2) is 7.46. The van der Waals surface area contributed by atoms with E-state index in [1.54, 1.807) is 25.1 Å². The number of hydrogen-bond donors (Lipinski definition) is 0. The lowest BCUT2D eigenvalue weighted by Crippen LogP contribution is -2.14. The van der Waals surface area contributed by atoms with Crippen LogP contribution in [0.5, 0.6) is 11.5 Å². The van der Waals surface area contributed by atoms with Gasteiger partial charge in [0.15, 0.2) is 17.3 Å². The first-order valence-electron chi connectivity index (χ1n) is 6.84. The van der Waals surface area contributed by atoms with E-state index in [0.29, 0.717) is 17.1 Å². The van der Waals surface area contributed by atoms with E-state index >= 15 is 0 Å². The smallest absolute Gasteiger partial charge is 0.176 e. The lowest BCUT2D eigenvalue weighted by Gasteiger charge is -2.13. The Morgan fingerprint density at radius 2 is 1.74 bits per heavy atom. The number of thioether (sulfide) groups is 1. The summed E-state index contributed by atoms with van der Waals surface area (Å²) >= 11 is 1.04. The van der Waals surface area contributed by atoms with Gasteiger partial charge in [-0.05, 0) is 37.3 Å². The lowest BCUT2D eigenvalue weighted by molar-refractivity contribution is 0.0993. The van der Waals surface area contributed by atoms with E-state index in [1.807, 2.05) is 0 Å². The Morgan fingerprint density at radius 1 is 1.04 bits per heavy atom. The summed E-state index contributed by atoms with van der Waals surface area (Å²) in [6.07, 6.45) is 0. The molecule has 122 valence electrons. The van der Waals surface area contributed by atoms with Crippen molar-refractivity contribution in [3.05, 3.63) is 53.6 Å². The fourth-order valence-electron chi connectivity index (χ4n) is 2.04. The van der Waals surface area contributed by atoms with Crippen molar-refractivity contribution in [1.29, 1.82) is 0 Å². The number of benzene rings is 2. The Hall–Kier alpha value is -2.08. The summed E-state index contributed by atoms with van der Waals surface area (Å²) in [4.78, 5) is 12.7. The van der Waals surface area contributed by atoms with Gasteiger partial charge in [-0.2, -0.15) is 0 Å². The predicted octanol–water partition coefficient (Wildman–Crippen LogP) is 4.35. The summed E-state index contributed by atoms with van der Waals surface area (Å²) in [6.45, 7) is 1.67. The van der Waals surface area contributed by atoms with E-state index < -0.39 is 16.9 Å². The highest BCUT2D eigenvalue weighted by atomic mass is 32.2. The van der Waals surface area contributed by atoms with Crippen molar-refractivity contribution < 1.29 is 23.0 Å². The van der Waals surface area contributed by atoms with Crippen LogP contribution in [0.2, 0.25) is 0 Å². The van der Waals surface area contributed by atoms with E-state index in [1.165, 1.54) is 26.4 Å². The second-order valence-electron chi connectivity index (χ2n) is 4.77. The zero-order chi connectivity index (χ0) is 17.0. The summed E-state index contributed by atoms with van der Waals surface area (Å²) < 4.78 is 36.9. The molecule has 0 spiro atoms. The van der Waals surface area contributed by atoms with Crippen LogP contribution in [0, 0.1) is 11.6 Å². The van der Waals surface area contributed by atoms with Crippen molar-refractivity contribution in [1.82, 2.24) is 0 Å². The Bertz CT molecular complexity index is 719. The minimum absolute atomic E-state index is 0.181. The molecule has 0 aliphatic rings. The molecule has 1 atom stereocenters. The van der Waals surface area contributed by atoms with Gasteiger partial charge in [-0.1, -0.05) is 0 Å². The van der Waals surface area contributed by atoms with Crippen molar-refractivity contribution in [2.24, 2.45) is 0 Å². The first kappa shape index (κ1) is 17.3. The van der Waals surface area contributed by atoms with Gasteiger partial charge in [0.25, 0.3) is 0 Å². The predicted molar refractivity (Wildman–Crippen MR) is 85.6 cm³/mol. The highest BCUT2D eigenvalue weighted by molar-refractivity contribution is 8.00. The molecule has 0 aliphatic heterocycles. The van der Waals surface area contributed by atoms with Gasteiger partial charge in [0.2, 0.25) is 0 Å². The minimum Gasteiger partial charge on any atom is -0.493 e. The van der Waals surface area contributed by atoms with Gasteiger partial charge in [-0.25, -0.2) is 8.78 Å². The van der Waals surface area contributed by atoms with Crippen LogP contribution >= 0.6 is 11.8 Å². The number of hydrogen-bond acceptors (Lipinski definition) is 4. The number of ketones is 1. The normalized spacial score (nSPS) is 11.9. The molecule has 1 unspecified atom stereocenters. The molecule has 3 nitrogen and oxygen atoms in total. The SMILES string of the molecule is COc1ccc(C(=O)C(C)Sc2ccc(F)cc2F)cc1OC. The standard InChI is InChI=1S/C17H16F2O3S/c1-10(23-16-7-5-12(18)9-13(16)19)17(20)11-4-6-14(21-2)15(8-11)22-3/h4-10H,1-3H3.